The molecule has 1 aromatic carbocycles. The first-order valence-electron chi connectivity index (χ1n) is 12.3. The highest BCUT2D eigenvalue weighted by atomic mass is 16.6. The van der Waals surface area contributed by atoms with Gasteiger partial charge in [-0.3, -0.25) is 9.47 Å². The average molecular weight is 515 g/mol. The number of H-pyrrole nitrogens is 1. The fourth-order valence-electron chi connectivity index (χ4n) is 4.33. The van der Waals surface area contributed by atoms with Crippen LogP contribution in [0.1, 0.15) is 24.0 Å². The summed E-state index contributed by atoms with van der Waals surface area (Å²) in [5.74, 6) is 0.272. The number of nitrogens with zero attached hydrogens (tertiary/aromatic N) is 4. The zero-order chi connectivity index (χ0) is 26.2. The Morgan fingerprint density at radius 2 is 1.78 bits per heavy atom. The molecule has 0 amide bonds. The number of rotatable bonds is 12. The van der Waals surface area contributed by atoms with Crippen LogP contribution in [0.4, 0.5) is 5.82 Å². The molecule has 3 aromatic rings. The van der Waals surface area contributed by atoms with Crippen molar-refractivity contribution in [2.45, 2.75) is 25.9 Å². The molecular weight excluding hydrogens is 480 g/mol. The standard InChI is InChI=1S/C25H34N6O6/c1-34-11-12-37-24-28-22(26)21-23(29-24)31(25(33)27-21)14-18-5-3-17(4-6-18)13-30-9-7-19(8-10-30)15-36-16-20(32)35-2/h3-6,19H,7-16H2,1-2H3,(H,27,33)(H2,26,28,29). The Morgan fingerprint density at radius 3 is 2.46 bits per heavy atom. The molecule has 3 N–H and O–H groups in total. The molecule has 0 unspecified atom stereocenters. The van der Waals surface area contributed by atoms with E-state index >= 15 is 0 Å². The Balaban J connectivity index is 1.33. The van der Waals surface area contributed by atoms with Crippen LogP contribution in [0.5, 0.6) is 6.01 Å². The first-order valence-corrected chi connectivity index (χ1v) is 12.3. The van der Waals surface area contributed by atoms with Crippen LogP contribution in [-0.2, 0) is 32.1 Å². The van der Waals surface area contributed by atoms with Crippen molar-refractivity contribution in [3.63, 3.8) is 0 Å². The summed E-state index contributed by atoms with van der Waals surface area (Å²) in [5.41, 5.74) is 8.66. The van der Waals surface area contributed by atoms with Gasteiger partial charge in [-0.05, 0) is 43.0 Å². The minimum absolute atomic E-state index is 0.0113. The monoisotopic (exact) mass is 514 g/mol. The maximum absolute atomic E-state index is 12.6. The van der Waals surface area contributed by atoms with Crippen LogP contribution >= 0.6 is 0 Å². The molecule has 1 aliphatic heterocycles. The van der Waals surface area contributed by atoms with Gasteiger partial charge in [0.05, 0.1) is 26.9 Å². The number of aromatic nitrogens is 4. The van der Waals surface area contributed by atoms with Gasteiger partial charge in [0.15, 0.2) is 11.5 Å². The number of nitrogens with one attached hydrogen (secondary N) is 1. The first kappa shape index (κ1) is 26.6. The minimum atomic E-state index is -0.343. The summed E-state index contributed by atoms with van der Waals surface area (Å²) in [4.78, 5) is 37.4. The maximum atomic E-state index is 12.6. The second-order valence-electron chi connectivity index (χ2n) is 9.07. The summed E-state index contributed by atoms with van der Waals surface area (Å²) < 4.78 is 22.1. The zero-order valence-corrected chi connectivity index (χ0v) is 21.3. The number of nitrogens with two attached hydrogens (primary N) is 1. The summed E-state index contributed by atoms with van der Waals surface area (Å²) in [7, 11) is 2.94. The Morgan fingerprint density at radius 1 is 1.08 bits per heavy atom. The lowest BCUT2D eigenvalue weighted by Gasteiger charge is -2.31. The SMILES string of the molecule is COCCOc1nc(N)c2[nH]c(=O)n(Cc3ccc(CN4CCC(COCC(=O)OC)CC4)cc3)c2n1. The number of imidazole rings is 1. The van der Waals surface area contributed by atoms with E-state index in [0.29, 0.717) is 36.8 Å². The predicted molar refractivity (Wildman–Crippen MR) is 136 cm³/mol. The summed E-state index contributed by atoms with van der Waals surface area (Å²) in [6, 6.07) is 8.32. The largest absolute Gasteiger partial charge is 0.467 e. The molecular formula is C25H34N6O6. The van der Waals surface area contributed by atoms with E-state index in [-0.39, 0.29) is 36.7 Å². The fourth-order valence-corrected chi connectivity index (χ4v) is 4.33. The molecule has 2 aromatic heterocycles. The van der Waals surface area contributed by atoms with Crippen molar-refractivity contribution in [1.29, 1.82) is 0 Å². The molecule has 4 rings (SSSR count). The summed E-state index contributed by atoms with van der Waals surface area (Å²) in [5, 5.41) is 0. The molecule has 200 valence electrons. The second-order valence-corrected chi connectivity index (χ2v) is 9.07. The van der Waals surface area contributed by atoms with E-state index in [2.05, 4.69) is 36.7 Å². The lowest BCUT2D eigenvalue weighted by atomic mass is 9.97. The van der Waals surface area contributed by atoms with Gasteiger partial charge in [0.2, 0.25) is 0 Å². The Hall–Kier alpha value is -3.48. The van der Waals surface area contributed by atoms with Crippen molar-refractivity contribution in [3.8, 4) is 6.01 Å². The first-order chi connectivity index (χ1) is 18.0. The van der Waals surface area contributed by atoms with Gasteiger partial charge in [-0.15, -0.1) is 0 Å². The molecule has 0 radical (unpaired) electrons. The fraction of sp³-hybridized carbons (Fsp3) is 0.520. The number of ether oxygens (including phenoxy) is 4. The highest BCUT2D eigenvalue weighted by Crippen LogP contribution is 2.21. The van der Waals surface area contributed by atoms with Gasteiger partial charge >= 0.3 is 17.7 Å². The highest BCUT2D eigenvalue weighted by molar-refractivity contribution is 5.81. The van der Waals surface area contributed by atoms with E-state index in [9.17, 15) is 9.59 Å². The van der Waals surface area contributed by atoms with Crippen molar-refractivity contribution in [2.75, 3.05) is 59.5 Å². The molecule has 1 saturated heterocycles. The van der Waals surface area contributed by atoms with E-state index in [0.717, 1.165) is 38.0 Å². The Labute approximate surface area is 214 Å². The van der Waals surface area contributed by atoms with Gasteiger partial charge < -0.3 is 29.7 Å². The van der Waals surface area contributed by atoms with Gasteiger partial charge in [0.25, 0.3) is 0 Å². The average Bonchev–Trinajstić information content (AvgIpc) is 3.21. The summed E-state index contributed by atoms with van der Waals surface area (Å²) in [6.07, 6.45) is 2.07. The Kier molecular flexibility index (Phi) is 9.09. The molecule has 0 atom stereocenters. The topological polar surface area (TPSA) is 147 Å². The third-order valence-corrected chi connectivity index (χ3v) is 6.43. The van der Waals surface area contributed by atoms with E-state index in [1.807, 2.05) is 12.1 Å². The van der Waals surface area contributed by atoms with Crippen molar-refractivity contribution in [2.24, 2.45) is 5.92 Å². The van der Waals surface area contributed by atoms with Crippen LogP contribution in [-0.4, -0.2) is 84.1 Å². The summed E-state index contributed by atoms with van der Waals surface area (Å²) in [6.45, 7) is 4.41. The Bertz CT molecular complexity index is 1230. The van der Waals surface area contributed by atoms with Gasteiger partial charge in [0, 0.05) is 13.7 Å². The molecule has 0 aliphatic carbocycles. The van der Waals surface area contributed by atoms with E-state index in [1.54, 1.807) is 7.11 Å². The number of methoxy groups -OCH3 is 2. The number of nitrogen functional groups attached to an aromatic ring is 1. The van der Waals surface area contributed by atoms with E-state index < -0.39 is 0 Å². The van der Waals surface area contributed by atoms with Crippen molar-refractivity contribution in [3.05, 3.63) is 45.9 Å². The zero-order valence-electron chi connectivity index (χ0n) is 21.3. The predicted octanol–water partition coefficient (Wildman–Crippen LogP) is 1.18. The van der Waals surface area contributed by atoms with Gasteiger partial charge in [-0.1, -0.05) is 24.3 Å². The number of carbonyl (C=O) groups is 1. The molecule has 0 bridgehead atoms. The number of aromatic amines is 1. The number of hydrogen-bond donors (Lipinski definition) is 2. The number of anilines is 1. The smallest absolute Gasteiger partial charge is 0.331 e. The van der Waals surface area contributed by atoms with E-state index in [4.69, 9.17) is 19.9 Å². The van der Waals surface area contributed by atoms with Crippen molar-refractivity contribution >= 4 is 23.0 Å². The number of esters is 1. The van der Waals surface area contributed by atoms with Crippen LogP contribution in [0.25, 0.3) is 11.2 Å². The third kappa shape index (κ3) is 7.06. The lowest BCUT2D eigenvalue weighted by molar-refractivity contribution is -0.146. The number of likely N-dealkylation sites (tertiary alicyclic amines) is 1. The quantitative estimate of drug-likeness (QED) is 0.267. The second kappa shape index (κ2) is 12.7. The number of fused-ring (bicyclic) bond motifs is 1. The molecule has 12 heteroatoms. The van der Waals surface area contributed by atoms with Crippen LogP contribution < -0.4 is 16.2 Å². The normalized spacial score (nSPS) is 14.8. The van der Waals surface area contributed by atoms with Crippen LogP contribution in [0.2, 0.25) is 0 Å². The van der Waals surface area contributed by atoms with E-state index in [1.165, 1.54) is 17.2 Å². The lowest BCUT2D eigenvalue weighted by Crippen LogP contribution is -2.34. The molecule has 37 heavy (non-hydrogen) atoms. The number of carbonyl (C=O) groups excluding carboxylic acids is 1. The molecule has 0 spiro atoms. The van der Waals surface area contributed by atoms with Gasteiger partial charge in [-0.2, -0.15) is 9.97 Å². The third-order valence-electron chi connectivity index (χ3n) is 6.43. The van der Waals surface area contributed by atoms with Gasteiger partial charge in [0.1, 0.15) is 18.7 Å². The minimum Gasteiger partial charge on any atom is -0.467 e. The molecule has 0 saturated carbocycles. The van der Waals surface area contributed by atoms with Crippen LogP contribution in [0.3, 0.4) is 0 Å². The van der Waals surface area contributed by atoms with Crippen molar-refractivity contribution < 1.29 is 23.7 Å². The van der Waals surface area contributed by atoms with Crippen LogP contribution in [0, 0.1) is 5.92 Å². The molecule has 1 fully saturated rings. The highest BCUT2D eigenvalue weighted by Gasteiger charge is 2.20. The van der Waals surface area contributed by atoms with Gasteiger partial charge in [-0.25, -0.2) is 9.59 Å². The molecule has 3 heterocycles. The number of hydrogen-bond acceptors (Lipinski definition) is 10. The maximum Gasteiger partial charge on any atom is 0.331 e. The van der Waals surface area contributed by atoms with Crippen LogP contribution in [0.15, 0.2) is 29.1 Å². The van der Waals surface area contributed by atoms with Crippen molar-refractivity contribution in [1.82, 2.24) is 24.4 Å². The molecule has 1 aliphatic rings. The summed E-state index contributed by atoms with van der Waals surface area (Å²) >= 11 is 0. The number of piperidine rings is 1. The number of benzene rings is 1. The molecule has 12 nitrogen and oxygen atoms in total.